The number of ether oxygens (including phenoxy) is 2. The molecule has 2 N–H and O–H groups in total. The van der Waals surface area contributed by atoms with Crippen LogP contribution in [-0.4, -0.2) is 66.6 Å². The lowest BCUT2D eigenvalue weighted by molar-refractivity contribution is -0.118. The van der Waals surface area contributed by atoms with Crippen molar-refractivity contribution in [1.29, 1.82) is 0 Å². The van der Waals surface area contributed by atoms with Crippen molar-refractivity contribution < 1.29 is 19.1 Å². The molecule has 3 aliphatic rings. The van der Waals surface area contributed by atoms with Crippen molar-refractivity contribution in [1.82, 2.24) is 14.8 Å². The van der Waals surface area contributed by atoms with E-state index in [1.165, 1.54) is 0 Å². The van der Waals surface area contributed by atoms with Gasteiger partial charge in [0.05, 0.1) is 5.41 Å². The minimum Gasteiger partial charge on any atom is -0.454 e. The minimum absolute atomic E-state index is 0.0182. The van der Waals surface area contributed by atoms with Gasteiger partial charge in [0.2, 0.25) is 12.7 Å². The van der Waals surface area contributed by atoms with Crippen molar-refractivity contribution in [2.75, 3.05) is 45.3 Å². The summed E-state index contributed by atoms with van der Waals surface area (Å²) in [5.74, 6) is 1.40. The Morgan fingerprint density at radius 1 is 0.970 bits per heavy atom. The second kappa shape index (κ2) is 7.52. The number of piperazine rings is 1. The molecule has 0 bridgehead atoms. The summed E-state index contributed by atoms with van der Waals surface area (Å²) in [4.78, 5) is 33.5. The Morgan fingerprint density at radius 2 is 1.76 bits per heavy atom. The monoisotopic (exact) mass is 446 g/mol. The summed E-state index contributed by atoms with van der Waals surface area (Å²) < 4.78 is 10.9. The number of carbonyl (C=O) groups is 2. The molecule has 0 spiro atoms. The first-order valence-electron chi connectivity index (χ1n) is 11.3. The number of hydrogen-bond acceptors (Lipinski definition) is 5. The summed E-state index contributed by atoms with van der Waals surface area (Å²) in [5, 5.41) is 3.99. The number of likely N-dealkylation sites (N-methyl/N-ethyl adjacent to an activating group) is 1. The van der Waals surface area contributed by atoms with Crippen LogP contribution in [0.5, 0.6) is 11.5 Å². The van der Waals surface area contributed by atoms with Gasteiger partial charge in [0, 0.05) is 42.8 Å². The molecule has 0 unspecified atom stereocenters. The molecule has 2 fully saturated rings. The van der Waals surface area contributed by atoms with Crippen molar-refractivity contribution >= 4 is 28.4 Å². The molecule has 170 valence electrons. The number of nitrogens with one attached hydrogen (secondary N) is 2. The van der Waals surface area contributed by atoms with E-state index in [0.717, 1.165) is 66.9 Å². The number of anilines is 1. The molecule has 6 rings (SSSR count). The molecule has 2 amide bonds. The van der Waals surface area contributed by atoms with Crippen LogP contribution in [0.1, 0.15) is 28.9 Å². The van der Waals surface area contributed by atoms with Crippen molar-refractivity contribution in [2.45, 2.75) is 18.3 Å². The van der Waals surface area contributed by atoms with Crippen LogP contribution in [0.2, 0.25) is 0 Å². The third-order valence-electron chi connectivity index (χ3n) is 7.01. The second-order valence-electron chi connectivity index (χ2n) is 9.18. The molecule has 2 aromatic carbocycles. The van der Waals surface area contributed by atoms with Crippen LogP contribution in [-0.2, 0) is 10.2 Å². The number of H-pyrrole nitrogens is 1. The smallest absolute Gasteiger partial charge is 0.270 e. The quantitative estimate of drug-likeness (QED) is 0.644. The lowest BCUT2D eigenvalue weighted by atomic mass is 9.94. The van der Waals surface area contributed by atoms with Crippen LogP contribution in [0.4, 0.5) is 5.69 Å². The summed E-state index contributed by atoms with van der Waals surface area (Å²) in [5.41, 5.74) is 2.60. The standard InChI is InChI=1S/C25H26N4O4/c1-28-8-10-29(11-9-28)23(30)20-13-16-12-18(3-4-19(16)27-20)26-24(31)25(6-7-25)17-2-5-21-22(14-17)33-15-32-21/h2-5,12-14,27H,6-11,15H2,1H3,(H,26,31). The Hall–Kier alpha value is -3.52. The predicted octanol–water partition coefficient (Wildman–Crippen LogP) is 2.95. The van der Waals surface area contributed by atoms with Crippen LogP contribution in [0, 0.1) is 0 Å². The molecular weight excluding hydrogens is 420 g/mol. The molecule has 0 radical (unpaired) electrons. The molecular formula is C25H26N4O4. The average molecular weight is 447 g/mol. The topological polar surface area (TPSA) is 86.9 Å². The highest BCUT2D eigenvalue weighted by Crippen LogP contribution is 2.51. The highest BCUT2D eigenvalue weighted by atomic mass is 16.7. The third-order valence-corrected chi connectivity index (χ3v) is 7.01. The zero-order valence-corrected chi connectivity index (χ0v) is 18.5. The maximum atomic E-state index is 13.2. The van der Waals surface area contributed by atoms with E-state index in [1.54, 1.807) is 0 Å². The van der Waals surface area contributed by atoms with Gasteiger partial charge in [-0.3, -0.25) is 9.59 Å². The Bertz CT molecular complexity index is 1250. The van der Waals surface area contributed by atoms with Crippen molar-refractivity contribution in [3.63, 3.8) is 0 Å². The van der Waals surface area contributed by atoms with Gasteiger partial charge < -0.3 is 29.6 Å². The van der Waals surface area contributed by atoms with Crippen LogP contribution < -0.4 is 14.8 Å². The summed E-state index contributed by atoms with van der Waals surface area (Å²) >= 11 is 0. The summed E-state index contributed by atoms with van der Waals surface area (Å²) in [6, 6.07) is 13.3. The molecule has 3 heterocycles. The molecule has 1 saturated heterocycles. The molecule has 1 saturated carbocycles. The van der Waals surface area contributed by atoms with Crippen LogP contribution in [0.25, 0.3) is 10.9 Å². The van der Waals surface area contributed by atoms with E-state index in [2.05, 4.69) is 22.2 Å². The number of fused-ring (bicyclic) bond motifs is 2. The first-order valence-corrected chi connectivity index (χ1v) is 11.3. The zero-order chi connectivity index (χ0) is 22.6. The zero-order valence-electron chi connectivity index (χ0n) is 18.5. The SMILES string of the molecule is CN1CCN(C(=O)c2cc3cc(NC(=O)C4(c5ccc6c(c5)OCO6)CC4)ccc3[nH]2)CC1. The van der Waals surface area contributed by atoms with E-state index >= 15 is 0 Å². The number of nitrogens with zero attached hydrogens (tertiary/aromatic N) is 2. The van der Waals surface area contributed by atoms with E-state index in [1.807, 2.05) is 47.4 Å². The lowest BCUT2D eigenvalue weighted by Crippen LogP contribution is -2.47. The molecule has 8 nitrogen and oxygen atoms in total. The molecule has 2 aliphatic heterocycles. The molecule has 1 aliphatic carbocycles. The number of rotatable bonds is 4. The van der Waals surface area contributed by atoms with Crippen LogP contribution in [0.3, 0.4) is 0 Å². The van der Waals surface area contributed by atoms with E-state index in [4.69, 9.17) is 9.47 Å². The van der Waals surface area contributed by atoms with E-state index in [9.17, 15) is 9.59 Å². The highest BCUT2D eigenvalue weighted by Gasteiger charge is 2.51. The molecule has 0 atom stereocenters. The number of aromatic nitrogens is 1. The van der Waals surface area contributed by atoms with Crippen molar-refractivity contribution in [3.8, 4) is 11.5 Å². The highest BCUT2D eigenvalue weighted by molar-refractivity contribution is 6.03. The van der Waals surface area contributed by atoms with Gasteiger partial charge in [-0.15, -0.1) is 0 Å². The Balaban J connectivity index is 1.20. The minimum atomic E-state index is -0.531. The first kappa shape index (κ1) is 20.1. The largest absolute Gasteiger partial charge is 0.454 e. The number of amides is 2. The predicted molar refractivity (Wildman–Crippen MR) is 124 cm³/mol. The van der Waals surface area contributed by atoms with Gasteiger partial charge >= 0.3 is 0 Å². The summed E-state index contributed by atoms with van der Waals surface area (Å²) in [6.45, 7) is 3.44. The maximum absolute atomic E-state index is 13.2. The Labute approximate surface area is 191 Å². The maximum Gasteiger partial charge on any atom is 0.270 e. The summed E-state index contributed by atoms with van der Waals surface area (Å²) in [6.07, 6.45) is 1.60. The van der Waals surface area contributed by atoms with Crippen molar-refractivity contribution in [2.24, 2.45) is 0 Å². The first-order chi connectivity index (χ1) is 16.0. The Kier molecular flexibility index (Phi) is 4.58. The van der Waals surface area contributed by atoms with Gasteiger partial charge in [-0.25, -0.2) is 0 Å². The van der Waals surface area contributed by atoms with Gasteiger partial charge in [0.25, 0.3) is 5.91 Å². The van der Waals surface area contributed by atoms with Crippen molar-refractivity contribution in [3.05, 3.63) is 53.7 Å². The molecule has 1 aromatic heterocycles. The van der Waals surface area contributed by atoms with Crippen LogP contribution >= 0.6 is 0 Å². The number of hydrogen-bond donors (Lipinski definition) is 2. The molecule has 33 heavy (non-hydrogen) atoms. The van der Waals surface area contributed by atoms with Crippen LogP contribution in [0.15, 0.2) is 42.5 Å². The van der Waals surface area contributed by atoms with E-state index in [-0.39, 0.29) is 18.6 Å². The fourth-order valence-electron chi connectivity index (χ4n) is 4.72. The van der Waals surface area contributed by atoms with Gasteiger partial charge in [0.1, 0.15) is 5.69 Å². The number of aromatic amines is 1. The van der Waals surface area contributed by atoms with Gasteiger partial charge in [0.15, 0.2) is 11.5 Å². The number of benzene rings is 2. The van der Waals surface area contributed by atoms with Gasteiger partial charge in [-0.1, -0.05) is 6.07 Å². The Morgan fingerprint density at radius 3 is 2.55 bits per heavy atom. The lowest BCUT2D eigenvalue weighted by Gasteiger charge is -2.32. The normalized spacial score (nSPS) is 19.0. The molecule has 3 aromatic rings. The van der Waals surface area contributed by atoms with Gasteiger partial charge in [-0.05, 0) is 61.9 Å². The third kappa shape index (κ3) is 3.51. The molecule has 8 heteroatoms. The second-order valence-corrected chi connectivity index (χ2v) is 9.18. The number of carbonyl (C=O) groups excluding carboxylic acids is 2. The average Bonchev–Trinajstić information content (AvgIpc) is 3.32. The summed E-state index contributed by atoms with van der Waals surface area (Å²) in [7, 11) is 2.07. The van der Waals surface area contributed by atoms with E-state index < -0.39 is 5.41 Å². The fourth-order valence-corrected chi connectivity index (χ4v) is 4.72. The fraction of sp³-hybridized carbons (Fsp3) is 0.360. The van der Waals surface area contributed by atoms with E-state index in [0.29, 0.717) is 11.4 Å². The van der Waals surface area contributed by atoms with Gasteiger partial charge in [-0.2, -0.15) is 0 Å².